The Hall–Kier alpha value is -2.97. The van der Waals surface area contributed by atoms with Gasteiger partial charge in [0.2, 0.25) is 0 Å². The van der Waals surface area contributed by atoms with Gasteiger partial charge in [-0.25, -0.2) is 14.4 Å². The molecule has 134 valence electrons. The molecule has 0 aliphatic heterocycles. The highest BCUT2D eigenvalue weighted by atomic mass is 19.3. The fourth-order valence-corrected chi connectivity index (χ4v) is 2.79. The molecule has 1 fully saturated rings. The van der Waals surface area contributed by atoms with Crippen LogP contribution in [0.4, 0.5) is 13.2 Å². The van der Waals surface area contributed by atoms with Crippen molar-refractivity contribution < 1.29 is 22.3 Å². The minimum Gasteiger partial charge on any atom is -0.452 e. The van der Waals surface area contributed by atoms with Gasteiger partial charge in [0.15, 0.2) is 0 Å². The minimum atomic E-state index is -2.84. The number of benzene rings is 1. The molecular weight excluding hydrogens is 349 g/mol. The van der Waals surface area contributed by atoms with Crippen molar-refractivity contribution >= 4 is 0 Å². The Morgan fingerprint density at radius 2 is 1.73 bits per heavy atom. The van der Waals surface area contributed by atoms with Gasteiger partial charge in [-0.05, 0) is 37.0 Å². The van der Waals surface area contributed by atoms with Crippen molar-refractivity contribution in [1.29, 1.82) is 0 Å². The fraction of sp³-hybridized carbons (Fsp3) is 0.294. The number of hydrogen-bond acceptors (Lipinski definition) is 6. The molecule has 9 heteroatoms. The maximum absolute atomic E-state index is 13.1. The molecule has 0 spiro atoms. The molecule has 3 aromatic rings. The van der Waals surface area contributed by atoms with Crippen LogP contribution < -0.4 is 4.74 Å². The molecule has 2 aromatic heterocycles. The number of ether oxygens (including phenoxy) is 1. The average Bonchev–Trinajstić information content (AvgIpc) is 3.10. The van der Waals surface area contributed by atoms with Crippen LogP contribution in [-0.4, -0.2) is 20.2 Å². The summed E-state index contributed by atoms with van der Waals surface area (Å²) in [5, 5.41) is 6.80. The third kappa shape index (κ3) is 3.00. The molecule has 1 aliphatic carbocycles. The molecule has 26 heavy (non-hydrogen) atoms. The second kappa shape index (κ2) is 6.40. The van der Waals surface area contributed by atoms with Crippen LogP contribution in [0.2, 0.25) is 0 Å². The third-order valence-corrected chi connectivity index (χ3v) is 4.32. The van der Waals surface area contributed by atoms with Crippen LogP contribution in [0.25, 0.3) is 11.5 Å². The number of rotatable bonds is 5. The Morgan fingerprint density at radius 1 is 1.04 bits per heavy atom. The van der Waals surface area contributed by atoms with Crippen LogP contribution in [0.1, 0.15) is 37.1 Å². The summed E-state index contributed by atoms with van der Waals surface area (Å²) in [6.07, 6.45) is 2.41. The Balaban J connectivity index is 1.54. The molecule has 0 unspecified atom stereocenters. The Labute approximate surface area is 146 Å². The monoisotopic (exact) mass is 362 g/mol. The number of aromatic nitrogens is 4. The van der Waals surface area contributed by atoms with Crippen LogP contribution in [-0.2, 0) is 5.60 Å². The lowest BCUT2D eigenvalue weighted by molar-refractivity contribution is -0.0202. The van der Waals surface area contributed by atoms with E-state index in [0.29, 0.717) is 5.56 Å². The molecular formula is C17H13F3N4O2. The van der Waals surface area contributed by atoms with E-state index in [1.165, 1.54) is 24.5 Å². The second-order valence-corrected chi connectivity index (χ2v) is 5.96. The van der Waals surface area contributed by atoms with Crippen molar-refractivity contribution in [3.63, 3.8) is 0 Å². The smallest absolute Gasteiger partial charge is 0.317 e. The summed E-state index contributed by atoms with van der Waals surface area (Å²) in [6.45, 7) is 0. The summed E-state index contributed by atoms with van der Waals surface area (Å²) < 4.78 is 49.0. The lowest BCUT2D eigenvalue weighted by atomic mass is 9.75. The van der Waals surface area contributed by atoms with Crippen molar-refractivity contribution in [1.82, 2.24) is 20.2 Å². The summed E-state index contributed by atoms with van der Waals surface area (Å²) in [4.78, 5) is 8.19. The minimum absolute atomic E-state index is 0.0938. The van der Waals surface area contributed by atoms with Crippen LogP contribution in [0.5, 0.6) is 6.01 Å². The third-order valence-electron chi connectivity index (χ3n) is 4.32. The zero-order valence-corrected chi connectivity index (χ0v) is 13.4. The van der Waals surface area contributed by atoms with Gasteiger partial charge < -0.3 is 9.15 Å². The van der Waals surface area contributed by atoms with Gasteiger partial charge in [0.25, 0.3) is 11.8 Å². The van der Waals surface area contributed by atoms with Crippen LogP contribution in [0.3, 0.4) is 0 Å². The standard InChI is InChI=1S/C17H13F3N4O2/c18-12-4-2-11(3-5-12)17(6-1-7-17)26-16-21-8-10(9-22-16)14-23-24-15(25-14)13(19)20/h2-5,8-9,13H,1,6-7H2. The zero-order chi connectivity index (χ0) is 18.1. The van der Waals surface area contributed by atoms with E-state index in [1.807, 2.05) is 0 Å². The van der Waals surface area contributed by atoms with Crippen molar-refractivity contribution in [3.8, 4) is 17.5 Å². The van der Waals surface area contributed by atoms with Gasteiger partial charge in [-0.15, -0.1) is 10.2 Å². The zero-order valence-electron chi connectivity index (χ0n) is 13.4. The molecule has 0 bridgehead atoms. The highest BCUT2D eigenvalue weighted by molar-refractivity contribution is 5.49. The van der Waals surface area contributed by atoms with E-state index < -0.39 is 17.9 Å². The Kier molecular flexibility index (Phi) is 4.06. The molecule has 1 saturated carbocycles. The normalized spacial score (nSPS) is 15.7. The molecule has 1 aliphatic rings. The predicted molar refractivity (Wildman–Crippen MR) is 82.8 cm³/mol. The average molecular weight is 362 g/mol. The quantitative estimate of drug-likeness (QED) is 0.681. The van der Waals surface area contributed by atoms with Gasteiger partial charge in [0, 0.05) is 12.4 Å². The molecule has 4 rings (SSSR count). The fourth-order valence-electron chi connectivity index (χ4n) is 2.79. The predicted octanol–water partition coefficient (Wildman–Crippen LogP) is 4.06. The second-order valence-electron chi connectivity index (χ2n) is 5.96. The molecule has 0 N–H and O–H groups in total. The van der Waals surface area contributed by atoms with E-state index >= 15 is 0 Å². The van der Waals surface area contributed by atoms with Gasteiger partial charge in [-0.1, -0.05) is 12.1 Å². The number of alkyl halides is 2. The van der Waals surface area contributed by atoms with Gasteiger partial charge in [0.05, 0.1) is 5.56 Å². The summed E-state index contributed by atoms with van der Waals surface area (Å²) >= 11 is 0. The lowest BCUT2D eigenvalue weighted by Crippen LogP contribution is -2.40. The largest absolute Gasteiger partial charge is 0.452 e. The SMILES string of the molecule is Fc1ccc(C2(Oc3ncc(-c4nnc(C(F)F)o4)cn3)CCC2)cc1. The summed E-state index contributed by atoms with van der Waals surface area (Å²) in [7, 11) is 0. The summed E-state index contributed by atoms with van der Waals surface area (Å²) in [6, 6.07) is 6.28. The van der Waals surface area contributed by atoms with Crippen LogP contribution >= 0.6 is 0 Å². The van der Waals surface area contributed by atoms with E-state index in [2.05, 4.69) is 20.2 Å². The Bertz CT molecular complexity index is 893. The molecule has 0 atom stereocenters. The topological polar surface area (TPSA) is 73.9 Å². The van der Waals surface area contributed by atoms with Crippen LogP contribution in [0, 0.1) is 5.82 Å². The number of nitrogens with zero attached hydrogens (tertiary/aromatic N) is 4. The molecule has 0 radical (unpaired) electrons. The van der Waals surface area contributed by atoms with Gasteiger partial charge in [-0.2, -0.15) is 8.78 Å². The van der Waals surface area contributed by atoms with Gasteiger partial charge >= 0.3 is 12.4 Å². The van der Waals surface area contributed by atoms with Gasteiger partial charge in [0.1, 0.15) is 11.4 Å². The van der Waals surface area contributed by atoms with E-state index in [-0.39, 0.29) is 17.7 Å². The first-order valence-corrected chi connectivity index (χ1v) is 7.95. The lowest BCUT2D eigenvalue weighted by Gasteiger charge is -2.41. The van der Waals surface area contributed by atoms with Crippen LogP contribution in [0.15, 0.2) is 41.1 Å². The van der Waals surface area contributed by atoms with E-state index in [1.54, 1.807) is 12.1 Å². The first-order chi connectivity index (χ1) is 12.6. The summed E-state index contributed by atoms with van der Waals surface area (Å²) in [5.41, 5.74) is 0.584. The molecule has 6 nitrogen and oxygen atoms in total. The number of hydrogen-bond donors (Lipinski definition) is 0. The van der Waals surface area contributed by atoms with E-state index in [9.17, 15) is 13.2 Å². The highest BCUT2D eigenvalue weighted by Gasteiger charge is 2.42. The molecule has 0 amide bonds. The van der Waals surface area contributed by atoms with Gasteiger partial charge in [-0.3, -0.25) is 0 Å². The summed E-state index contributed by atoms with van der Waals surface area (Å²) in [5.74, 6) is -1.17. The van der Waals surface area contributed by atoms with Crippen molar-refractivity contribution in [2.24, 2.45) is 0 Å². The molecule has 2 heterocycles. The van der Waals surface area contributed by atoms with Crippen molar-refractivity contribution in [2.45, 2.75) is 31.3 Å². The maximum Gasteiger partial charge on any atom is 0.317 e. The number of halogens is 3. The first-order valence-electron chi connectivity index (χ1n) is 7.95. The highest BCUT2D eigenvalue weighted by Crippen LogP contribution is 2.44. The Morgan fingerprint density at radius 3 is 2.27 bits per heavy atom. The van der Waals surface area contributed by atoms with Crippen molar-refractivity contribution in [2.75, 3.05) is 0 Å². The molecule has 0 saturated heterocycles. The first kappa shape index (κ1) is 16.5. The molecule has 1 aromatic carbocycles. The van der Waals surface area contributed by atoms with E-state index in [0.717, 1.165) is 24.8 Å². The maximum atomic E-state index is 13.1. The van der Waals surface area contributed by atoms with Crippen molar-refractivity contribution in [3.05, 3.63) is 53.9 Å². The van der Waals surface area contributed by atoms with E-state index in [4.69, 9.17) is 9.15 Å².